The zero-order chi connectivity index (χ0) is 19.4. The van der Waals surface area contributed by atoms with E-state index in [1.807, 2.05) is 6.92 Å². The highest BCUT2D eigenvalue weighted by Gasteiger charge is 2.26. The van der Waals surface area contributed by atoms with Gasteiger partial charge in [-0.3, -0.25) is 9.59 Å². The summed E-state index contributed by atoms with van der Waals surface area (Å²) in [5.41, 5.74) is 0.973. The van der Waals surface area contributed by atoms with Crippen LogP contribution in [0.25, 0.3) is 0 Å². The highest BCUT2D eigenvalue weighted by molar-refractivity contribution is 5.94. The van der Waals surface area contributed by atoms with Gasteiger partial charge >= 0.3 is 0 Å². The maximum atomic E-state index is 13.8. The molecule has 0 aliphatic carbocycles. The zero-order valence-electron chi connectivity index (χ0n) is 15.2. The van der Waals surface area contributed by atoms with Gasteiger partial charge in [0.05, 0.1) is 5.56 Å². The van der Waals surface area contributed by atoms with E-state index in [-0.39, 0.29) is 29.1 Å². The van der Waals surface area contributed by atoms with Crippen molar-refractivity contribution < 1.29 is 18.4 Å². The van der Waals surface area contributed by atoms with Crippen molar-refractivity contribution in [3.8, 4) is 0 Å². The molecule has 142 valence electrons. The number of hydrogen-bond acceptors (Lipinski definition) is 2. The molecule has 4 nitrogen and oxygen atoms in total. The molecule has 1 fully saturated rings. The molecular weight excluding hydrogens is 350 g/mol. The van der Waals surface area contributed by atoms with E-state index in [9.17, 15) is 18.4 Å². The zero-order valence-corrected chi connectivity index (χ0v) is 15.2. The van der Waals surface area contributed by atoms with Crippen LogP contribution in [0.3, 0.4) is 0 Å². The number of benzene rings is 2. The Morgan fingerprint density at radius 1 is 0.926 bits per heavy atom. The number of rotatable bonds is 4. The molecule has 27 heavy (non-hydrogen) atoms. The normalized spacial score (nSPS) is 15.5. The van der Waals surface area contributed by atoms with Gasteiger partial charge < -0.3 is 9.80 Å². The molecule has 2 amide bonds. The third kappa shape index (κ3) is 4.51. The fraction of sp³-hybridized carbons (Fsp3) is 0.333. The van der Waals surface area contributed by atoms with Crippen molar-refractivity contribution in [1.29, 1.82) is 0 Å². The third-order valence-electron chi connectivity index (χ3n) is 4.94. The van der Waals surface area contributed by atoms with Crippen molar-refractivity contribution in [3.63, 3.8) is 0 Å². The van der Waals surface area contributed by atoms with Crippen molar-refractivity contribution >= 4 is 11.8 Å². The van der Waals surface area contributed by atoms with Crippen LogP contribution in [0.5, 0.6) is 0 Å². The molecule has 1 heterocycles. The number of nitrogens with zero attached hydrogens (tertiary/aromatic N) is 2. The van der Waals surface area contributed by atoms with E-state index in [0.29, 0.717) is 32.6 Å². The van der Waals surface area contributed by atoms with Gasteiger partial charge in [-0.2, -0.15) is 0 Å². The van der Waals surface area contributed by atoms with Crippen LogP contribution in [-0.4, -0.2) is 47.8 Å². The lowest BCUT2D eigenvalue weighted by molar-refractivity contribution is -0.133. The van der Waals surface area contributed by atoms with Gasteiger partial charge in [0.1, 0.15) is 11.6 Å². The molecule has 0 spiro atoms. The summed E-state index contributed by atoms with van der Waals surface area (Å²) in [6.07, 6.45) is 0.326. The maximum absolute atomic E-state index is 13.8. The molecule has 0 aromatic heterocycles. The van der Waals surface area contributed by atoms with Crippen LogP contribution < -0.4 is 0 Å². The summed E-state index contributed by atoms with van der Waals surface area (Å²) < 4.78 is 26.8. The highest BCUT2D eigenvalue weighted by atomic mass is 19.1. The van der Waals surface area contributed by atoms with Crippen LogP contribution in [0.4, 0.5) is 8.78 Å². The summed E-state index contributed by atoms with van der Waals surface area (Å²) in [5, 5.41) is 0. The Labute approximate surface area is 157 Å². The number of piperazine rings is 1. The van der Waals surface area contributed by atoms with Gasteiger partial charge in [0, 0.05) is 32.6 Å². The summed E-state index contributed by atoms with van der Waals surface area (Å²) >= 11 is 0. The van der Waals surface area contributed by atoms with Gasteiger partial charge in [-0.15, -0.1) is 0 Å². The molecule has 1 aliphatic rings. The number of hydrogen-bond donors (Lipinski definition) is 0. The van der Waals surface area contributed by atoms with Crippen molar-refractivity contribution in [2.45, 2.75) is 19.3 Å². The largest absolute Gasteiger partial charge is 0.339 e. The predicted octanol–water partition coefficient (Wildman–Crippen LogP) is 3.44. The lowest BCUT2D eigenvalue weighted by atomic mass is 9.97. The summed E-state index contributed by atoms with van der Waals surface area (Å²) in [4.78, 5) is 28.3. The van der Waals surface area contributed by atoms with E-state index in [0.717, 1.165) is 5.56 Å². The second-order valence-electron chi connectivity index (χ2n) is 6.81. The molecule has 0 saturated carbocycles. The minimum absolute atomic E-state index is 0.00446. The van der Waals surface area contributed by atoms with E-state index >= 15 is 0 Å². The Hall–Kier alpha value is -2.76. The Balaban J connectivity index is 1.54. The molecule has 1 atom stereocenters. The van der Waals surface area contributed by atoms with Crippen molar-refractivity contribution in [2.24, 2.45) is 0 Å². The first-order valence-corrected chi connectivity index (χ1v) is 9.02. The Bertz CT molecular complexity index is 815. The second kappa shape index (κ2) is 8.29. The molecule has 1 saturated heterocycles. The summed E-state index contributed by atoms with van der Waals surface area (Å²) in [6, 6.07) is 12.1. The monoisotopic (exact) mass is 372 g/mol. The van der Waals surface area contributed by atoms with E-state index < -0.39 is 5.82 Å². The van der Waals surface area contributed by atoms with Crippen LogP contribution in [0.2, 0.25) is 0 Å². The van der Waals surface area contributed by atoms with Crippen LogP contribution in [0.15, 0.2) is 48.5 Å². The first-order valence-electron chi connectivity index (χ1n) is 9.02. The molecule has 0 bridgehead atoms. The van der Waals surface area contributed by atoms with E-state index in [2.05, 4.69) is 0 Å². The number of halogens is 2. The molecule has 3 rings (SSSR count). The second-order valence-corrected chi connectivity index (χ2v) is 6.81. The standard InChI is InChI=1S/C21H22F2N2O2/c1-15(16-6-8-17(22)9-7-16)14-20(26)24-10-12-25(13-11-24)21(27)18-4-2-3-5-19(18)23/h2-9,15H,10-14H2,1H3. The molecule has 1 unspecified atom stereocenters. The Morgan fingerprint density at radius 3 is 2.15 bits per heavy atom. The lowest BCUT2D eigenvalue weighted by Crippen LogP contribution is -2.50. The summed E-state index contributed by atoms with van der Waals surface area (Å²) in [5.74, 6) is -1.19. The van der Waals surface area contributed by atoms with Gasteiger partial charge in [-0.1, -0.05) is 31.2 Å². The quantitative estimate of drug-likeness (QED) is 0.825. The maximum Gasteiger partial charge on any atom is 0.256 e. The minimum Gasteiger partial charge on any atom is -0.339 e. The van der Waals surface area contributed by atoms with Gasteiger partial charge in [-0.05, 0) is 35.7 Å². The SMILES string of the molecule is CC(CC(=O)N1CCN(C(=O)c2ccccc2F)CC1)c1ccc(F)cc1. The topological polar surface area (TPSA) is 40.6 Å². The molecule has 2 aromatic carbocycles. The molecule has 2 aromatic rings. The number of carbonyl (C=O) groups is 2. The molecule has 6 heteroatoms. The van der Waals surface area contributed by atoms with Gasteiger partial charge in [0.25, 0.3) is 5.91 Å². The fourth-order valence-corrected chi connectivity index (χ4v) is 3.26. The smallest absolute Gasteiger partial charge is 0.256 e. The van der Waals surface area contributed by atoms with Crippen molar-refractivity contribution in [2.75, 3.05) is 26.2 Å². The molecular formula is C21H22F2N2O2. The minimum atomic E-state index is -0.533. The van der Waals surface area contributed by atoms with E-state index in [4.69, 9.17) is 0 Å². The predicted molar refractivity (Wildman–Crippen MR) is 98.3 cm³/mol. The van der Waals surface area contributed by atoms with E-state index in [1.54, 1.807) is 34.1 Å². The number of amides is 2. The average molecular weight is 372 g/mol. The first-order chi connectivity index (χ1) is 13.0. The fourth-order valence-electron chi connectivity index (χ4n) is 3.26. The number of carbonyl (C=O) groups excluding carboxylic acids is 2. The molecule has 0 radical (unpaired) electrons. The summed E-state index contributed by atoms with van der Waals surface area (Å²) in [7, 11) is 0. The molecule has 1 aliphatic heterocycles. The Morgan fingerprint density at radius 2 is 1.52 bits per heavy atom. The van der Waals surface area contributed by atoms with Crippen LogP contribution in [0, 0.1) is 11.6 Å². The summed E-state index contributed by atoms with van der Waals surface area (Å²) in [6.45, 7) is 3.54. The first kappa shape index (κ1) is 19.0. The van der Waals surface area contributed by atoms with Gasteiger partial charge in [0.15, 0.2) is 0 Å². The van der Waals surface area contributed by atoms with Crippen LogP contribution >= 0.6 is 0 Å². The Kier molecular flexibility index (Phi) is 5.84. The van der Waals surface area contributed by atoms with Gasteiger partial charge in [-0.25, -0.2) is 8.78 Å². The van der Waals surface area contributed by atoms with Crippen LogP contribution in [-0.2, 0) is 4.79 Å². The highest BCUT2D eigenvalue weighted by Crippen LogP contribution is 2.21. The van der Waals surface area contributed by atoms with Gasteiger partial charge in [0.2, 0.25) is 5.91 Å². The lowest BCUT2D eigenvalue weighted by Gasteiger charge is -2.35. The van der Waals surface area contributed by atoms with E-state index in [1.165, 1.54) is 24.3 Å². The van der Waals surface area contributed by atoms with Crippen molar-refractivity contribution in [1.82, 2.24) is 9.80 Å². The van der Waals surface area contributed by atoms with Crippen molar-refractivity contribution in [3.05, 3.63) is 71.3 Å². The molecule has 0 N–H and O–H groups in total. The third-order valence-corrected chi connectivity index (χ3v) is 4.94. The average Bonchev–Trinajstić information content (AvgIpc) is 2.68. The van der Waals surface area contributed by atoms with Crippen LogP contribution in [0.1, 0.15) is 35.2 Å².